The van der Waals surface area contributed by atoms with Gasteiger partial charge in [0.05, 0.1) is 16.6 Å². The summed E-state index contributed by atoms with van der Waals surface area (Å²) in [5, 5.41) is 6.30. The molecule has 2 aliphatic rings. The molecule has 0 amide bonds. The number of hydrogen-bond acceptors (Lipinski definition) is 3. The zero-order valence-electron chi connectivity index (χ0n) is 28.4. The summed E-state index contributed by atoms with van der Waals surface area (Å²) in [4.78, 5) is 15.7. The molecule has 246 valence electrons. The van der Waals surface area contributed by atoms with Gasteiger partial charge in [0.15, 0.2) is 5.82 Å². The van der Waals surface area contributed by atoms with Crippen LogP contribution in [0.2, 0.25) is 0 Å². The first kappa shape index (κ1) is 29.6. The Morgan fingerprint density at radius 2 is 1.14 bits per heavy atom. The molecule has 0 aliphatic heterocycles. The van der Waals surface area contributed by atoms with Gasteiger partial charge in [-0.25, -0.2) is 15.0 Å². The molecule has 5 aromatic carbocycles. The topological polar surface area (TPSA) is 48.5 Å². The smallest absolute Gasteiger partial charge is 0.163 e. The third kappa shape index (κ3) is 5.02. The van der Waals surface area contributed by atoms with Crippen LogP contribution in [-0.4, -0.2) is 24.1 Å². The van der Waals surface area contributed by atoms with Crippen LogP contribution >= 0.6 is 0 Å². The number of nitrogens with zero attached hydrogens (tertiary/aromatic N) is 5. The Morgan fingerprint density at radius 3 is 1.90 bits per heavy atom. The van der Waals surface area contributed by atoms with Gasteiger partial charge >= 0.3 is 0 Å². The molecule has 2 fully saturated rings. The summed E-state index contributed by atoms with van der Waals surface area (Å²) < 4.78 is 4.72. The molecular weight excluding hydrogens is 611 g/mol. The van der Waals surface area contributed by atoms with Crippen LogP contribution in [-0.2, 0) is 0 Å². The van der Waals surface area contributed by atoms with Crippen molar-refractivity contribution in [3.63, 3.8) is 0 Å². The van der Waals surface area contributed by atoms with Crippen molar-refractivity contribution < 1.29 is 0 Å². The molecule has 2 saturated carbocycles. The molecular formula is C45H41N5. The second-order valence-electron chi connectivity index (χ2n) is 14.6. The lowest BCUT2D eigenvalue weighted by molar-refractivity contribution is 0.409. The normalized spacial score (nSPS) is 16.2. The van der Waals surface area contributed by atoms with E-state index < -0.39 is 0 Å². The molecule has 10 rings (SSSR count). The lowest BCUT2D eigenvalue weighted by atomic mass is 9.87. The van der Waals surface area contributed by atoms with Crippen LogP contribution in [0.5, 0.6) is 0 Å². The van der Waals surface area contributed by atoms with Crippen molar-refractivity contribution in [3.05, 3.63) is 127 Å². The van der Waals surface area contributed by atoms with E-state index in [1.807, 2.05) is 0 Å². The van der Waals surface area contributed by atoms with Gasteiger partial charge in [0, 0.05) is 51.1 Å². The summed E-state index contributed by atoms with van der Waals surface area (Å²) in [6.07, 6.45) is 14.7. The third-order valence-corrected chi connectivity index (χ3v) is 11.5. The van der Waals surface area contributed by atoms with E-state index in [-0.39, 0.29) is 0 Å². The zero-order chi connectivity index (χ0) is 33.0. The Balaban J connectivity index is 1.15. The molecule has 5 nitrogen and oxygen atoms in total. The highest BCUT2D eigenvalue weighted by molar-refractivity contribution is 6.18. The average Bonchev–Trinajstić information content (AvgIpc) is 3.77. The summed E-state index contributed by atoms with van der Waals surface area (Å²) in [6, 6.07) is 39.9. The molecule has 8 aromatic rings. The first-order valence-corrected chi connectivity index (χ1v) is 18.7. The maximum atomic E-state index is 5.24. The van der Waals surface area contributed by atoms with Gasteiger partial charge in [-0.3, -0.25) is 0 Å². The van der Waals surface area contributed by atoms with Crippen molar-refractivity contribution in [2.45, 2.75) is 76.0 Å². The van der Waals surface area contributed by atoms with Gasteiger partial charge in [-0.2, -0.15) is 0 Å². The Bertz CT molecular complexity index is 2480. The molecule has 2 aliphatic carbocycles. The van der Waals surface area contributed by atoms with E-state index in [0.29, 0.717) is 11.8 Å². The number of benzene rings is 5. The van der Waals surface area contributed by atoms with Crippen LogP contribution in [0.1, 0.15) is 87.7 Å². The lowest BCUT2D eigenvalue weighted by Crippen LogP contribution is -2.16. The van der Waals surface area contributed by atoms with Gasteiger partial charge in [-0.15, -0.1) is 0 Å². The van der Waals surface area contributed by atoms with E-state index in [1.54, 1.807) is 0 Å². The van der Waals surface area contributed by atoms with E-state index in [2.05, 4.69) is 125 Å². The Kier molecular flexibility index (Phi) is 7.25. The quantitative estimate of drug-likeness (QED) is 0.186. The van der Waals surface area contributed by atoms with Crippen molar-refractivity contribution in [2.75, 3.05) is 0 Å². The van der Waals surface area contributed by atoms with Gasteiger partial charge < -0.3 is 9.13 Å². The second-order valence-corrected chi connectivity index (χ2v) is 14.6. The Morgan fingerprint density at radius 1 is 0.460 bits per heavy atom. The number of rotatable bonds is 5. The lowest BCUT2D eigenvalue weighted by Gasteiger charge is -2.24. The average molecular weight is 652 g/mol. The first-order chi connectivity index (χ1) is 24.8. The van der Waals surface area contributed by atoms with Gasteiger partial charge in [0.1, 0.15) is 11.6 Å². The molecule has 5 heteroatoms. The molecule has 0 radical (unpaired) electrons. The fourth-order valence-corrected chi connectivity index (χ4v) is 8.92. The molecule has 0 saturated heterocycles. The van der Waals surface area contributed by atoms with Crippen molar-refractivity contribution in [2.24, 2.45) is 0 Å². The van der Waals surface area contributed by atoms with Crippen LogP contribution in [0.15, 0.2) is 115 Å². The van der Waals surface area contributed by atoms with E-state index >= 15 is 0 Å². The summed E-state index contributed by atoms with van der Waals surface area (Å²) in [6.45, 7) is 0. The molecule has 3 heterocycles. The van der Waals surface area contributed by atoms with Crippen LogP contribution in [0.25, 0.3) is 66.2 Å². The molecule has 0 unspecified atom stereocenters. The predicted octanol–water partition coefficient (Wildman–Crippen LogP) is 11.8. The Hall–Kier alpha value is -5.29. The van der Waals surface area contributed by atoms with Crippen LogP contribution in [0.4, 0.5) is 0 Å². The number of aromatic nitrogens is 5. The van der Waals surface area contributed by atoms with E-state index in [0.717, 1.165) is 28.7 Å². The maximum absolute atomic E-state index is 5.24. The highest BCUT2D eigenvalue weighted by atomic mass is 15.0. The Labute approximate surface area is 292 Å². The van der Waals surface area contributed by atoms with E-state index in [4.69, 9.17) is 15.0 Å². The van der Waals surface area contributed by atoms with Crippen LogP contribution in [0, 0.1) is 0 Å². The molecule has 3 aromatic heterocycles. The van der Waals surface area contributed by atoms with Crippen molar-refractivity contribution in [1.29, 1.82) is 0 Å². The van der Waals surface area contributed by atoms with Gasteiger partial charge in [-0.05, 0) is 91.1 Å². The van der Waals surface area contributed by atoms with Crippen molar-refractivity contribution in [1.82, 2.24) is 24.1 Å². The standard InChI is InChI=1S/C45H41N5/c1-4-13-30(14-5-1)43-46-44(31-15-6-2-7-16-31)48-45(47-43)33-17-12-20-35(27-33)50-41-22-11-10-21-36(41)39-28-32-23-24-40-37(38(32)29-42(39)50)25-26-49(40)34-18-8-3-9-19-34/h3,8-12,17-31H,1-2,4-7,13-16H2. The molecule has 0 atom stereocenters. The van der Waals surface area contributed by atoms with Gasteiger partial charge in [-0.1, -0.05) is 93.1 Å². The number of fused-ring (bicyclic) bond motifs is 6. The third-order valence-electron chi connectivity index (χ3n) is 11.5. The fourth-order valence-electron chi connectivity index (χ4n) is 8.92. The SMILES string of the molecule is c1ccc(-n2ccc3c4cc5c(cc4ccc32)c2ccccc2n5-c2cccc(-c3nc(C4CCCCC4)nc(C4CCCCC4)n3)c2)cc1. The van der Waals surface area contributed by atoms with Crippen molar-refractivity contribution >= 4 is 43.5 Å². The van der Waals surface area contributed by atoms with Crippen LogP contribution < -0.4 is 0 Å². The molecule has 50 heavy (non-hydrogen) atoms. The van der Waals surface area contributed by atoms with Gasteiger partial charge in [0.25, 0.3) is 0 Å². The number of para-hydroxylation sites is 2. The largest absolute Gasteiger partial charge is 0.317 e. The monoisotopic (exact) mass is 651 g/mol. The predicted molar refractivity (Wildman–Crippen MR) is 206 cm³/mol. The first-order valence-electron chi connectivity index (χ1n) is 18.7. The highest BCUT2D eigenvalue weighted by Crippen LogP contribution is 2.39. The van der Waals surface area contributed by atoms with E-state index in [1.165, 1.54) is 113 Å². The minimum absolute atomic E-state index is 0.440. The molecule has 0 bridgehead atoms. The minimum atomic E-state index is 0.440. The molecule has 0 spiro atoms. The van der Waals surface area contributed by atoms with E-state index in [9.17, 15) is 0 Å². The summed E-state index contributed by atoms with van der Waals surface area (Å²) in [5.41, 5.74) is 6.98. The minimum Gasteiger partial charge on any atom is -0.317 e. The number of hydrogen-bond donors (Lipinski definition) is 0. The highest BCUT2D eigenvalue weighted by Gasteiger charge is 2.25. The maximum Gasteiger partial charge on any atom is 0.163 e. The van der Waals surface area contributed by atoms with Crippen LogP contribution in [0.3, 0.4) is 0 Å². The van der Waals surface area contributed by atoms with Gasteiger partial charge in [0.2, 0.25) is 0 Å². The molecule has 0 N–H and O–H groups in total. The van der Waals surface area contributed by atoms with Crippen molar-refractivity contribution in [3.8, 4) is 22.8 Å². The zero-order valence-corrected chi connectivity index (χ0v) is 28.4. The fraction of sp³-hybridized carbons (Fsp3) is 0.267. The summed E-state index contributed by atoms with van der Waals surface area (Å²) in [7, 11) is 0. The summed E-state index contributed by atoms with van der Waals surface area (Å²) in [5.74, 6) is 3.76. The summed E-state index contributed by atoms with van der Waals surface area (Å²) >= 11 is 0. The second kappa shape index (κ2) is 12.2.